The van der Waals surface area contributed by atoms with Crippen LogP contribution in [0.25, 0.3) is 11.5 Å². The van der Waals surface area contributed by atoms with Crippen LogP contribution in [0, 0.1) is 6.92 Å². The molecule has 1 fully saturated rings. The van der Waals surface area contributed by atoms with Gasteiger partial charge in [0.25, 0.3) is 0 Å². The zero-order valence-corrected chi connectivity index (χ0v) is 14.7. The van der Waals surface area contributed by atoms with Gasteiger partial charge in [0, 0.05) is 38.3 Å². The maximum absolute atomic E-state index is 9.32. The summed E-state index contributed by atoms with van der Waals surface area (Å²) in [6, 6.07) is 8.02. The molecule has 1 aliphatic heterocycles. The zero-order valence-electron chi connectivity index (χ0n) is 14.7. The number of aromatic nitrogens is 2. The van der Waals surface area contributed by atoms with Gasteiger partial charge in [-0.05, 0) is 19.1 Å². The Labute approximate surface area is 148 Å². The van der Waals surface area contributed by atoms with Crippen LogP contribution in [0.15, 0.2) is 28.7 Å². The summed E-state index contributed by atoms with van der Waals surface area (Å²) in [5, 5.41) is 17.6. The summed E-state index contributed by atoms with van der Waals surface area (Å²) in [4.78, 5) is 4.52. The Kier molecular flexibility index (Phi) is 6.52. The lowest BCUT2D eigenvalue weighted by atomic mass is 10.1. The second-order valence-electron chi connectivity index (χ2n) is 6.32. The highest BCUT2D eigenvalue weighted by atomic mass is 16.5. The van der Waals surface area contributed by atoms with Crippen LogP contribution in [-0.4, -0.2) is 77.6 Å². The van der Waals surface area contributed by atoms with E-state index in [4.69, 9.17) is 9.15 Å². The number of aliphatic hydroxyl groups is 1. The topological polar surface area (TPSA) is 74.9 Å². The third-order valence-electron chi connectivity index (χ3n) is 4.38. The fourth-order valence-electron chi connectivity index (χ4n) is 2.84. The predicted octanol–water partition coefficient (Wildman–Crippen LogP) is 1.17. The molecule has 3 rings (SSSR count). The smallest absolute Gasteiger partial charge is 0.247 e. The van der Waals surface area contributed by atoms with E-state index in [1.54, 1.807) is 0 Å². The molecule has 0 spiro atoms. The average molecular weight is 346 g/mol. The quantitative estimate of drug-likeness (QED) is 0.769. The van der Waals surface area contributed by atoms with Gasteiger partial charge in [-0.2, -0.15) is 0 Å². The number of benzene rings is 1. The zero-order chi connectivity index (χ0) is 17.5. The van der Waals surface area contributed by atoms with Crippen molar-refractivity contribution in [3.8, 4) is 11.5 Å². The van der Waals surface area contributed by atoms with Crippen molar-refractivity contribution >= 4 is 0 Å². The lowest BCUT2D eigenvalue weighted by Crippen LogP contribution is -2.41. The Balaban J connectivity index is 1.57. The lowest BCUT2D eigenvalue weighted by molar-refractivity contribution is 0.0315. The van der Waals surface area contributed by atoms with Gasteiger partial charge in [0.15, 0.2) is 0 Å². The molecule has 0 aliphatic carbocycles. The van der Waals surface area contributed by atoms with Crippen molar-refractivity contribution in [2.24, 2.45) is 0 Å². The molecule has 0 bridgehead atoms. The summed E-state index contributed by atoms with van der Waals surface area (Å²) in [7, 11) is 0. The molecule has 136 valence electrons. The van der Waals surface area contributed by atoms with Crippen LogP contribution in [0.5, 0.6) is 0 Å². The van der Waals surface area contributed by atoms with Crippen molar-refractivity contribution in [3.63, 3.8) is 0 Å². The van der Waals surface area contributed by atoms with Crippen LogP contribution >= 0.6 is 0 Å². The second-order valence-corrected chi connectivity index (χ2v) is 6.32. The van der Waals surface area contributed by atoms with Gasteiger partial charge in [0.2, 0.25) is 11.8 Å². The number of nitrogens with zero attached hydrogens (tertiary/aromatic N) is 4. The number of hydrogen-bond acceptors (Lipinski definition) is 7. The SMILES string of the molecule is Cc1ccc(-c2nnc(CN(CCO)CCN3CCOCC3)o2)cc1. The molecule has 0 radical (unpaired) electrons. The van der Waals surface area contributed by atoms with E-state index < -0.39 is 0 Å². The average Bonchev–Trinajstić information content (AvgIpc) is 3.10. The summed E-state index contributed by atoms with van der Waals surface area (Å²) in [5.74, 6) is 1.11. The van der Waals surface area contributed by atoms with Crippen molar-refractivity contribution in [1.82, 2.24) is 20.0 Å². The van der Waals surface area contributed by atoms with E-state index in [1.165, 1.54) is 5.56 Å². The van der Waals surface area contributed by atoms with E-state index in [1.807, 2.05) is 31.2 Å². The molecule has 7 heteroatoms. The lowest BCUT2D eigenvalue weighted by Gasteiger charge is -2.29. The number of aliphatic hydroxyl groups excluding tert-OH is 1. The van der Waals surface area contributed by atoms with E-state index in [0.717, 1.165) is 45.0 Å². The minimum absolute atomic E-state index is 0.113. The molecular weight excluding hydrogens is 320 g/mol. The van der Waals surface area contributed by atoms with Gasteiger partial charge in [-0.1, -0.05) is 17.7 Å². The third-order valence-corrected chi connectivity index (χ3v) is 4.38. The van der Waals surface area contributed by atoms with Crippen molar-refractivity contribution in [2.45, 2.75) is 13.5 Å². The predicted molar refractivity (Wildman–Crippen MR) is 94.1 cm³/mol. The minimum Gasteiger partial charge on any atom is -0.419 e. The number of aryl methyl sites for hydroxylation is 1. The molecule has 1 aliphatic rings. The van der Waals surface area contributed by atoms with E-state index in [9.17, 15) is 5.11 Å². The molecule has 0 saturated carbocycles. The van der Waals surface area contributed by atoms with Crippen molar-refractivity contribution in [3.05, 3.63) is 35.7 Å². The van der Waals surface area contributed by atoms with Gasteiger partial charge in [-0.25, -0.2) is 0 Å². The van der Waals surface area contributed by atoms with Crippen LogP contribution in [0.2, 0.25) is 0 Å². The van der Waals surface area contributed by atoms with Gasteiger partial charge in [-0.15, -0.1) is 10.2 Å². The largest absolute Gasteiger partial charge is 0.419 e. The summed E-state index contributed by atoms with van der Waals surface area (Å²) in [6.07, 6.45) is 0. The first kappa shape index (κ1) is 18.0. The van der Waals surface area contributed by atoms with Crippen LogP contribution < -0.4 is 0 Å². The van der Waals surface area contributed by atoms with E-state index in [-0.39, 0.29) is 6.61 Å². The van der Waals surface area contributed by atoms with Gasteiger partial charge in [0.1, 0.15) is 0 Å². The van der Waals surface area contributed by atoms with Crippen molar-refractivity contribution in [1.29, 1.82) is 0 Å². The first-order valence-electron chi connectivity index (χ1n) is 8.77. The van der Waals surface area contributed by atoms with Crippen LogP contribution in [0.3, 0.4) is 0 Å². The Morgan fingerprint density at radius 1 is 1.12 bits per heavy atom. The molecule has 0 atom stereocenters. The van der Waals surface area contributed by atoms with E-state index in [2.05, 4.69) is 20.0 Å². The Bertz CT molecular complexity index is 638. The molecule has 25 heavy (non-hydrogen) atoms. The fourth-order valence-corrected chi connectivity index (χ4v) is 2.84. The molecule has 2 aromatic rings. The number of rotatable bonds is 8. The molecule has 0 amide bonds. The molecular formula is C18H26N4O3. The maximum Gasteiger partial charge on any atom is 0.247 e. The highest BCUT2D eigenvalue weighted by Crippen LogP contribution is 2.18. The van der Waals surface area contributed by atoms with E-state index in [0.29, 0.717) is 24.9 Å². The third kappa shape index (κ3) is 5.34. The summed E-state index contributed by atoms with van der Waals surface area (Å²) < 4.78 is 11.2. The van der Waals surface area contributed by atoms with Gasteiger partial charge in [0.05, 0.1) is 26.4 Å². The molecule has 0 unspecified atom stereocenters. The first-order valence-corrected chi connectivity index (χ1v) is 8.77. The molecule has 2 heterocycles. The molecule has 7 nitrogen and oxygen atoms in total. The highest BCUT2D eigenvalue weighted by Gasteiger charge is 2.15. The summed E-state index contributed by atoms with van der Waals surface area (Å²) in [5.41, 5.74) is 2.12. The standard InChI is InChI=1S/C18H26N4O3/c1-15-2-4-16(5-3-15)18-20-19-17(25-18)14-22(8-11-23)7-6-21-9-12-24-13-10-21/h2-5,23H,6-14H2,1H3. The van der Waals surface area contributed by atoms with Gasteiger partial charge < -0.3 is 14.3 Å². The monoisotopic (exact) mass is 346 g/mol. The number of hydrogen-bond donors (Lipinski definition) is 1. The maximum atomic E-state index is 9.32. The summed E-state index contributed by atoms with van der Waals surface area (Å²) in [6.45, 7) is 8.61. The van der Waals surface area contributed by atoms with Crippen LogP contribution in [0.1, 0.15) is 11.5 Å². The fraction of sp³-hybridized carbons (Fsp3) is 0.556. The van der Waals surface area contributed by atoms with E-state index >= 15 is 0 Å². The first-order chi connectivity index (χ1) is 12.2. The molecule has 1 aromatic heterocycles. The van der Waals surface area contributed by atoms with Gasteiger partial charge in [-0.3, -0.25) is 9.80 Å². The van der Waals surface area contributed by atoms with Crippen LogP contribution in [-0.2, 0) is 11.3 Å². The Hall–Kier alpha value is -1.80. The second kappa shape index (κ2) is 9.05. The Morgan fingerprint density at radius 3 is 2.60 bits per heavy atom. The summed E-state index contributed by atoms with van der Waals surface area (Å²) >= 11 is 0. The Morgan fingerprint density at radius 2 is 1.88 bits per heavy atom. The van der Waals surface area contributed by atoms with Crippen molar-refractivity contribution < 1.29 is 14.3 Å². The number of ether oxygens (including phenoxy) is 1. The normalized spacial score (nSPS) is 15.8. The minimum atomic E-state index is 0.113. The van der Waals surface area contributed by atoms with Gasteiger partial charge >= 0.3 is 0 Å². The van der Waals surface area contributed by atoms with Crippen LogP contribution in [0.4, 0.5) is 0 Å². The number of morpholine rings is 1. The van der Waals surface area contributed by atoms with Crippen molar-refractivity contribution in [2.75, 3.05) is 52.5 Å². The molecule has 1 aromatic carbocycles. The highest BCUT2D eigenvalue weighted by molar-refractivity contribution is 5.52. The molecule has 1 saturated heterocycles. The molecule has 1 N–H and O–H groups in total.